The lowest BCUT2D eigenvalue weighted by Crippen LogP contribution is -2.39. The van der Waals surface area contributed by atoms with E-state index in [0.29, 0.717) is 13.1 Å². The molecular weight excluding hydrogens is 240 g/mol. The van der Waals surface area contributed by atoms with E-state index in [4.69, 9.17) is 0 Å². The van der Waals surface area contributed by atoms with Crippen molar-refractivity contribution in [2.45, 2.75) is 27.3 Å². The van der Waals surface area contributed by atoms with Crippen LogP contribution in [0.2, 0.25) is 0 Å². The zero-order valence-electron chi connectivity index (χ0n) is 11.6. The van der Waals surface area contributed by atoms with Crippen LogP contribution in [-0.4, -0.2) is 22.5 Å². The number of benzene rings is 1. The molecule has 0 unspecified atom stereocenters. The Bertz CT molecular complexity index is 535. The molecule has 2 amide bonds. The van der Waals surface area contributed by atoms with Crippen LogP contribution in [0.1, 0.15) is 26.6 Å². The molecule has 0 aliphatic carbocycles. The van der Waals surface area contributed by atoms with E-state index in [9.17, 15) is 4.79 Å². The number of para-hydroxylation sites is 2. The van der Waals surface area contributed by atoms with Gasteiger partial charge in [0.1, 0.15) is 5.82 Å². The molecule has 5 heteroatoms. The number of amides is 2. The molecule has 0 fully saturated rings. The van der Waals surface area contributed by atoms with Crippen molar-refractivity contribution in [3.05, 3.63) is 30.1 Å². The lowest BCUT2D eigenvalue weighted by Gasteiger charge is -2.18. The summed E-state index contributed by atoms with van der Waals surface area (Å²) in [5.74, 6) is 0.757. The highest BCUT2D eigenvalue weighted by Crippen LogP contribution is 2.11. The van der Waals surface area contributed by atoms with Gasteiger partial charge in [0.2, 0.25) is 0 Å². The number of H-pyrrole nitrogens is 1. The monoisotopic (exact) mass is 260 g/mol. The highest BCUT2D eigenvalue weighted by molar-refractivity contribution is 5.75. The Morgan fingerprint density at radius 2 is 2.00 bits per heavy atom. The molecule has 1 aromatic heterocycles. The molecule has 0 aliphatic heterocycles. The van der Waals surface area contributed by atoms with Crippen LogP contribution in [0.3, 0.4) is 0 Å². The molecule has 5 nitrogen and oxygen atoms in total. The number of nitrogens with one attached hydrogen (secondary N) is 3. The summed E-state index contributed by atoms with van der Waals surface area (Å²) in [6.07, 6.45) is 0. The van der Waals surface area contributed by atoms with Crippen LogP contribution in [0.4, 0.5) is 4.79 Å². The van der Waals surface area contributed by atoms with E-state index in [1.807, 2.05) is 24.3 Å². The lowest BCUT2D eigenvalue weighted by atomic mass is 9.97. The molecule has 0 radical (unpaired) electrons. The van der Waals surface area contributed by atoms with Crippen LogP contribution in [0, 0.1) is 5.41 Å². The van der Waals surface area contributed by atoms with E-state index < -0.39 is 0 Å². The van der Waals surface area contributed by atoms with Gasteiger partial charge in [-0.05, 0) is 17.5 Å². The zero-order valence-corrected chi connectivity index (χ0v) is 11.6. The van der Waals surface area contributed by atoms with Gasteiger partial charge in [-0.25, -0.2) is 9.78 Å². The van der Waals surface area contributed by atoms with Crippen molar-refractivity contribution in [1.82, 2.24) is 20.6 Å². The molecule has 0 saturated heterocycles. The number of rotatable bonds is 3. The van der Waals surface area contributed by atoms with Gasteiger partial charge in [-0.15, -0.1) is 0 Å². The second kappa shape index (κ2) is 5.30. The maximum atomic E-state index is 11.6. The number of aromatic nitrogens is 2. The van der Waals surface area contributed by atoms with Crippen LogP contribution < -0.4 is 10.6 Å². The van der Waals surface area contributed by atoms with E-state index in [-0.39, 0.29) is 11.4 Å². The molecule has 0 bridgehead atoms. The van der Waals surface area contributed by atoms with E-state index in [1.54, 1.807) is 0 Å². The third kappa shape index (κ3) is 3.98. The Labute approximate surface area is 112 Å². The van der Waals surface area contributed by atoms with Crippen LogP contribution in [0.5, 0.6) is 0 Å². The molecule has 0 spiro atoms. The van der Waals surface area contributed by atoms with Crippen LogP contribution in [0.25, 0.3) is 11.0 Å². The number of imidazole rings is 1. The van der Waals surface area contributed by atoms with Crippen molar-refractivity contribution < 1.29 is 4.79 Å². The number of hydrogen-bond donors (Lipinski definition) is 3. The molecule has 1 heterocycles. The lowest BCUT2D eigenvalue weighted by molar-refractivity contribution is 0.235. The number of fused-ring (bicyclic) bond motifs is 1. The average molecular weight is 260 g/mol. The van der Waals surface area contributed by atoms with Gasteiger partial charge in [-0.1, -0.05) is 32.9 Å². The second-order valence-electron chi connectivity index (χ2n) is 5.80. The minimum Gasteiger partial charge on any atom is -0.340 e. The minimum absolute atomic E-state index is 0.0801. The van der Waals surface area contributed by atoms with Gasteiger partial charge in [-0.3, -0.25) is 0 Å². The van der Waals surface area contributed by atoms with Gasteiger partial charge in [0.15, 0.2) is 0 Å². The van der Waals surface area contributed by atoms with Crippen molar-refractivity contribution in [1.29, 1.82) is 0 Å². The summed E-state index contributed by atoms with van der Waals surface area (Å²) in [5, 5.41) is 5.62. The average Bonchev–Trinajstić information content (AvgIpc) is 2.75. The van der Waals surface area contributed by atoms with Gasteiger partial charge in [-0.2, -0.15) is 0 Å². The smallest absolute Gasteiger partial charge is 0.315 e. The molecule has 0 saturated carbocycles. The summed E-state index contributed by atoms with van der Waals surface area (Å²) in [6, 6.07) is 7.63. The highest BCUT2D eigenvalue weighted by atomic mass is 16.2. The first-order chi connectivity index (χ1) is 8.94. The summed E-state index contributed by atoms with van der Waals surface area (Å²) in [6.45, 7) is 7.26. The number of carbonyl (C=O) groups is 1. The SMILES string of the molecule is CC(C)(C)CNC(=O)NCc1nc2ccccc2[nH]1. The van der Waals surface area contributed by atoms with E-state index in [0.717, 1.165) is 16.9 Å². The summed E-state index contributed by atoms with van der Waals surface area (Å²) < 4.78 is 0. The summed E-state index contributed by atoms with van der Waals surface area (Å²) >= 11 is 0. The molecule has 0 aliphatic rings. The van der Waals surface area contributed by atoms with Crippen molar-refractivity contribution in [3.63, 3.8) is 0 Å². The number of aromatic amines is 1. The van der Waals surface area contributed by atoms with Gasteiger partial charge in [0, 0.05) is 6.54 Å². The Balaban J connectivity index is 1.86. The van der Waals surface area contributed by atoms with Crippen LogP contribution in [0.15, 0.2) is 24.3 Å². The van der Waals surface area contributed by atoms with E-state index in [1.165, 1.54) is 0 Å². The summed E-state index contributed by atoms with van der Waals surface area (Å²) in [7, 11) is 0. The summed E-state index contributed by atoms with van der Waals surface area (Å²) in [5.41, 5.74) is 1.97. The Morgan fingerprint density at radius 1 is 1.26 bits per heavy atom. The Kier molecular flexibility index (Phi) is 3.74. The number of urea groups is 1. The van der Waals surface area contributed by atoms with Crippen LogP contribution >= 0.6 is 0 Å². The molecular formula is C14H20N4O. The standard InChI is InChI=1S/C14H20N4O/c1-14(2,3)9-16-13(19)15-8-12-17-10-6-4-5-7-11(10)18-12/h4-7H,8-9H2,1-3H3,(H,17,18)(H2,15,16,19). The number of nitrogens with zero attached hydrogens (tertiary/aromatic N) is 1. The second-order valence-corrected chi connectivity index (χ2v) is 5.80. The number of hydrogen-bond acceptors (Lipinski definition) is 2. The fraction of sp³-hybridized carbons (Fsp3) is 0.429. The van der Waals surface area contributed by atoms with Crippen molar-refractivity contribution in [2.24, 2.45) is 5.41 Å². The van der Waals surface area contributed by atoms with Gasteiger partial charge in [0.25, 0.3) is 0 Å². The largest absolute Gasteiger partial charge is 0.340 e. The Morgan fingerprint density at radius 3 is 2.68 bits per heavy atom. The zero-order chi connectivity index (χ0) is 13.9. The first-order valence-corrected chi connectivity index (χ1v) is 6.39. The quantitative estimate of drug-likeness (QED) is 0.793. The molecule has 19 heavy (non-hydrogen) atoms. The maximum absolute atomic E-state index is 11.6. The fourth-order valence-electron chi connectivity index (χ4n) is 1.66. The Hall–Kier alpha value is -2.04. The molecule has 2 rings (SSSR count). The molecule has 2 aromatic rings. The van der Waals surface area contributed by atoms with Gasteiger partial charge < -0.3 is 15.6 Å². The van der Waals surface area contributed by atoms with E-state index >= 15 is 0 Å². The molecule has 3 N–H and O–H groups in total. The molecule has 1 aromatic carbocycles. The fourth-order valence-corrected chi connectivity index (χ4v) is 1.66. The first-order valence-electron chi connectivity index (χ1n) is 6.39. The van der Waals surface area contributed by atoms with Gasteiger partial charge in [0.05, 0.1) is 17.6 Å². The number of carbonyl (C=O) groups excluding carboxylic acids is 1. The summed E-state index contributed by atoms with van der Waals surface area (Å²) in [4.78, 5) is 19.2. The van der Waals surface area contributed by atoms with E-state index in [2.05, 4.69) is 41.4 Å². The van der Waals surface area contributed by atoms with Crippen molar-refractivity contribution in [3.8, 4) is 0 Å². The predicted octanol–water partition coefficient (Wildman–Crippen LogP) is 2.41. The van der Waals surface area contributed by atoms with Gasteiger partial charge >= 0.3 is 6.03 Å². The maximum Gasteiger partial charge on any atom is 0.315 e. The topological polar surface area (TPSA) is 69.8 Å². The van der Waals surface area contributed by atoms with Crippen molar-refractivity contribution >= 4 is 17.1 Å². The predicted molar refractivity (Wildman–Crippen MR) is 75.8 cm³/mol. The third-order valence-electron chi connectivity index (χ3n) is 2.63. The first kappa shape index (κ1) is 13.4. The third-order valence-corrected chi connectivity index (χ3v) is 2.63. The highest BCUT2D eigenvalue weighted by Gasteiger charge is 2.11. The van der Waals surface area contributed by atoms with Crippen molar-refractivity contribution in [2.75, 3.05) is 6.54 Å². The minimum atomic E-state index is -0.171. The molecule has 102 valence electrons. The molecule has 0 atom stereocenters. The normalized spacial score (nSPS) is 11.5. The van der Waals surface area contributed by atoms with Crippen LogP contribution in [-0.2, 0) is 6.54 Å².